The molecule has 1 aliphatic heterocycles. The van der Waals surface area contributed by atoms with Gasteiger partial charge in [-0.25, -0.2) is 0 Å². The van der Waals surface area contributed by atoms with Crippen LogP contribution in [0.2, 0.25) is 0 Å². The molecule has 0 spiro atoms. The Balaban J connectivity index is 1.70. The first kappa shape index (κ1) is 19.6. The Kier molecular flexibility index (Phi) is 6.62. The Morgan fingerprint density at radius 2 is 2.00 bits per heavy atom. The average molecular weight is 367 g/mol. The van der Waals surface area contributed by atoms with Gasteiger partial charge in [0.1, 0.15) is 0 Å². The van der Waals surface area contributed by atoms with E-state index in [1.807, 2.05) is 18.2 Å². The molecule has 0 saturated carbocycles. The molecule has 0 bridgehead atoms. The fourth-order valence-corrected chi connectivity index (χ4v) is 3.96. The molecule has 144 valence electrons. The van der Waals surface area contributed by atoms with E-state index >= 15 is 0 Å². The Bertz CT molecular complexity index is 718. The fourth-order valence-electron chi connectivity index (χ4n) is 3.96. The zero-order valence-electron chi connectivity index (χ0n) is 16.4. The van der Waals surface area contributed by atoms with Gasteiger partial charge in [0.2, 0.25) is 5.91 Å². The summed E-state index contributed by atoms with van der Waals surface area (Å²) in [6, 6.07) is 14.4. The third-order valence-electron chi connectivity index (χ3n) is 5.51. The molecular weight excluding hydrogens is 336 g/mol. The molecule has 1 aromatic heterocycles. The summed E-state index contributed by atoms with van der Waals surface area (Å²) in [5.41, 5.74) is 2.27. The number of benzene rings is 1. The summed E-state index contributed by atoms with van der Waals surface area (Å²) in [7, 11) is 0. The van der Waals surface area contributed by atoms with Crippen molar-refractivity contribution >= 4 is 5.91 Å². The van der Waals surface area contributed by atoms with Crippen LogP contribution in [-0.2, 0) is 22.5 Å². The van der Waals surface area contributed by atoms with E-state index in [2.05, 4.69) is 48.4 Å². The highest BCUT2D eigenvalue weighted by atomic mass is 16.5. The van der Waals surface area contributed by atoms with Gasteiger partial charge in [0, 0.05) is 32.0 Å². The van der Waals surface area contributed by atoms with Gasteiger partial charge < -0.3 is 10.1 Å². The van der Waals surface area contributed by atoms with Crippen LogP contribution >= 0.6 is 0 Å². The molecular formula is C23H30N2O2. The molecule has 2 unspecified atom stereocenters. The summed E-state index contributed by atoms with van der Waals surface area (Å²) in [6.07, 6.45) is 7.06. The lowest BCUT2D eigenvalue weighted by molar-refractivity contribution is -0.128. The average Bonchev–Trinajstić information content (AvgIpc) is 2.68. The first-order valence-corrected chi connectivity index (χ1v) is 9.87. The number of amides is 1. The van der Waals surface area contributed by atoms with Gasteiger partial charge in [0.05, 0.1) is 6.10 Å². The lowest BCUT2D eigenvalue weighted by Gasteiger charge is -2.42. The third-order valence-corrected chi connectivity index (χ3v) is 5.51. The van der Waals surface area contributed by atoms with Crippen molar-refractivity contribution in [2.45, 2.75) is 52.2 Å². The molecule has 2 atom stereocenters. The predicted octanol–water partition coefficient (Wildman–Crippen LogP) is 4.15. The normalized spacial score (nSPS) is 22.6. The van der Waals surface area contributed by atoms with Crippen molar-refractivity contribution in [2.75, 3.05) is 6.61 Å². The van der Waals surface area contributed by atoms with E-state index < -0.39 is 0 Å². The van der Waals surface area contributed by atoms with Crippen LogP contribution in [0.4, 0.5) is 0 Å². The number of rotatable bonds is 7. The van der Waals surface area contributed by atoms with E-state index in [0.29, 0.717) is 18.9 Å². The highest BCUT2D eigenvalue weighted by Gasteiger charge is 2.39. The molecule has 1 amide bonds. The maximum Gasteiger partial charge on any atom is 0.220 e. The fraction of sp³-hybridized carbons (Fsp3) is 0.478. The Morgan fingerprint density at radius 1 is 1.22 bits per heavy atom. The first-order valence-electron chi connectivity index (χ1n) is 9.87. The predicted molar refractivity (Wildman–Crippen MR) is 107 cm³/mol. The number of carbonyl (C=O) groups excluding carboxylic acids is 1. The molecule has 1 N–H and O–H groups in total. The van der Waals surface area contributed by atoms with Crippen molar-refractivity contribution in [1.29, 1.82) is 0 Å². The van der Waals surface area contributed by atoms with Crippen molar-refractivity contribution in [3.8, 4) is 0 Å². The summed E-state index contributed by atoms with van der Waals surface area (Å²) < 4.78 is 6.00. The molecule has 0 radical (unpaired) electrons. The second-order valence-corrected chi connectivity index (χ2v) is 8.08. The molecule has 0 aliphatic carbocycles. The van der Waals surface area contributed by atoms with Crippen molar-refractivity contribution in [2.24, 2.45) is 11.3 Å². The zero-order chi connectivity index (χ0) is 19.1. The summed E-state index contributed by atoms with van der Waals surface area (Å²) >= 11 is 0. The van der Waals surface area contributed by atoms with Crippen LogP contribution in [0.5, 0.6) is 0 Å². The number of ether oxygens (including phenoxy) is 1. The molecule has 2 heterocycles. The van der Waals surface area contributed by atoms with Crippen LogP contribution in [0.1, 0.15) is 44.2 Å². The van der Waals surface area contributed by atoms with E-state index in [4.69, 9.17) is 4.74 Å². The quantitative estimate of drug-likeness (QED) is 0.801. The maximum atomic E-state index is 12.8. The van der Waals surface area contributed by atoms with E-state index in [0.717, 1.165) is 31.4 Å². The van der Waals surface area contributed by atoms with E-state index in [9.17, 15) is 4.79 Å². The van der Waals surface area contributed by atoms with Crippen molar-refractivity contribution in [3.63, 3.8) is 0 Å². The summed E-state index contributed by atoms with van der Waals surface area (Å²) in [5.74, 6) is 0.568. The number of carbonyl (C=O) groups is 1. The summed E-state index contributed by atoms with van der Waals surface area (Å²) in [4.78, 5) is 16.9. The number of hydrogen-bond acceptors (Lipinski definition) is 3. The SMILES string of the molecule is CC(C)C1CC(CC(=O)NCc2cccnc2)(Cc2ccccc2)CCO1. The Morgan fingerprint density at radius 3 is 2.70 bits per heavy atom. The highest BCUT2D eigenvalue weighted by molar-refractivity contribution is 5.76. The van der Waals surface area contributed by atoms with E-state index in [-0.39, 0.29) is 17.4 Å². The Hall–Kier alpha value is -2.20. The summed E-state index contributed by atoms with van der Waals surface area (Å²) in [6.45, 7) is 5.65. The minimum Gasteiger partial charge on any atom is -0.378 e. The second kappa shape index (κ2) is 9.14. The van der Waals surface area contributed by atoms with Gasteiger partial charge >= 0.3 is 0 Å². The number of hydrogen-bond donors (Lipinski definition) is 1. The lowest BCUT2D eigenvalue weighted by Crippen LogP contribution is -2.42. The number of pyridine rings is 1. The second-order valence-electron chi connectivity index (χ2n) is 8.08. The smallest absolute Gasteiger partial charge is 0.220 e. The van der Waals surface area contributed by atoms with Gasteiger partial charge in [0.15, 0.2) is 0 Å². The molecule has 1 saturated heterocycles. The van der Waals surface area contributed by atoms with Gasteiger partial charge in [-0.1, -0.05) is 50.2 Å². The number of aromatic nitrogens is 1. The topological polar surface area (TPSA) is 51.2 Å². The molecule has 1 aromatic carbocycles. The minimum absolute atomic E-state index is 0.0481. The van der Waals surface area contributed by atoms with Crippen molar-refractivity contribution < 1.29 is 9.53 Å². The van der Waals surface area contributed by atoms with Crippen LogP contribution < -0.4 is 5.32 Å². The molecule has 4 nitrogen and oxygen atoms in total. The molecule has 4 heteroatoms. The van der Waals surface area contributed by atoms with Crippen LogP contribution in [-0.4, -0.2) is 23.6 Å². The van der Waals surface area contributed by atoms with Crippen LogP contribution in [0.15, 0.2) is 54.9 Å². The standard InChI is InChI=1S/C23H30N2O2/c1-18(2)21-14-23(10-12-27-21,13-19-7-4-3-5-8-19)15-22(26)25-17-20-9-6-11-24-16-20/h3-9,11,16,18,21H,10,12-15,17H2,1-2H3,(H,25,26). The van der Waals surface area contributed by atoms with Crippen molar-refractivity contribution in [1.82, 2.24) is 10.3 Å². The molecule has 3 rings (SSSR count). The van der Waals surface area contributed by atoms with E-state index in [1.165, 1.54) is 5.56 Å². The van der Waals surface area contributed by atoms with Gasteiger partial charge in [-0.15, -0.1) is 0 Å². The number of nitrogens with one attached hydrogen (secondary N) is 1. The van der Waals surface area contributed by atoms with Gasteiger partial charge in [-0.05, 0) is 47.8 Å². The zero-order valence-corrected chi connectivity index (χ0v) is 16.4. The van der Waals surface area contributed by atoms with Gasteiger partial charge in [-0.3, -0.25) is 9.78 Å². The van der Waals surface area contributed by atoms with Crippen LogP contribution in [0.3, 0.4) is 0 Å². The molecule has 27 heavy (non-hydrogen) atoms. The first-order chi connectivity index (χ1) is 13.1. The van der Waals surface area contributed by atoms with Crippen LogP contribution in [0, 0.1) is 11.3 Å². The lowest BCUT2D eigenvalue weighted by atomic mass is 9.69. The van der Waals surface area contributed by atoms with Gasteiger partial charge in [0.25, 0.3) is 0 Å². The molecule has 2 aromatic rings. The third kappa shape index (κ3) is 5.64. The summed E-state index contributed by atoms with van der Waals surface area (Å²) in [5, 5.41) is 3.08. The maximum absolute atomic E-state index is 12.8. The number of nitrogens with zero attached hydrogens (tertiary/aromatic N) is 1. The minimum atomic E-state index is -0.0481. The van der Waals surface area contributed by atoms with E-state index in [1.54, 1.807) is 12.4 Å². The van der Waals surface area contributed by atoms with Crippen LogP contribution in [0.25, 0.3) is 0 Å². The largest absolute Gasteiger partial charge is 0.378 e. The molecule has 1 aliphatic rings. The molecule has 1 fully saturated rings. The monoisotopic (exact) mass is 366 g/mol. The highest BCUT2D eigenvalue weighted by Crippen LogP contribution is 2.41. The van der Waals surface area contributed by atoms with Crippen molar-refractivity contribution in [3.05, 3.63) is 66.0 Å². The Labute approximate surface area is 162 Å². The van der Waals surface area contributed by atoms with Gasteiger partial charge in [-0.2, -0.15) is 0 Å².